The van der Waals surface area contributed by atoms with Gasteiger partial charge < -0.3 is 9.47 Å². The first kappa shape index (κ1) is 26.4. The summed E-state index contributed by atoms with van der Waals surface area (Å²) >= 11 is 9.66. The van der Waals surface area contributed by atoms with E-state index in [1.54, 1.807) is 48.5 Å². The van der Waals surface area contributed by atoms with Crippen LogP contribution in [0.3, 0.4) is 0 Å². The van der Waals surface area contributed by atoms with Gasteiger partial charge in [0.05, 0.1) is 16.8 Å². The molecule has 190 valence electrons. The number of imide groups is 2. The lowest BCUT2D eigenvalue weighted by atomic mass is 10.1. The number of halogens is 2. The van der Waals surface area contributed by atoms with E-state index < -0.39 is 17.8 Å². The van der Waals surface area contributed by atoms with Crippen molar-refractivity contribution in [1.29, 1.82) is 0 Å². The summed E-state index contributed by atoms with van der Waals surface area (Å²) in [5.74, 6) is -0.278. The number of anilines is 1. The molecule has 3 aromatic rings. The molecule has 0 saturated carbocycles. The number of carbonyl (C=O) groups excluding carboxylic acids is 3. The predicted molar refractivity (Wildman–Crippen MR) is 146 cm³/mol. The molecule has 0 unspecified atom stereocenters. The van der Waals surface area contributed by atoms with Gasteiger partial charge in [0.15, 0.2) is 0 Å². The first-order valence-electron chi connectivity index (χ1n) is 11.7. The monoisotopic (exact) mass is 582 g/mol. The Hall–Kier alpha value is -3.62. The standard InChI is InChI=1S/C28H24BrClN2O5/c1-2-3-14-36-21-11-9-20(10-12-21)32-27(34)22(26(33)31-28(32)35)15-18-8-13-25(23(29)16-18)37-17-19-6-4-5-7-24(19)30/h4-13,15-16H,2-3,14,17H2,1H3,(H,31,33,35)/b22-15-. The van der Waals surface area contributed by atoms with E-state index in [9.17, 15) is 14.4 Å². The highest BCUT2D eigenvalue weighted by Gasteiger charge is 2.36. The van der Waals surface area contributed by atoms with Crippen LogP contribution in [-0.4, -0.2) is 24.5 Å². The van der Waals surface area contributed by atoms with Crippen molar-refractivity contribution in [3.8, 4) is 11.5 Å². The maximum atomic E-state index is 13.2. The molecule has 7 nitrogen and oxygen atoms in total. The van der Waals surface area contributed by atoms with Crippen LogP contribution in [0, 0.1) is 0 Å². The van der Waals surface area contributed by atoms with Gasteiger partial charge in [-0.25, -0.2) is 9.69 Å². The van der Waals surface area contributed by atoms with Crippen molar-refractivity contribution in [3.63, 3.8) is 0 Å². The number of amides is 4. The lowest BCUT2D eigenvalue weighted by Gasteiger charge is -2.26. The second-order valence-corrected chi connectivity index (χ2v) is 9.49. The largest absolute Gasteiger partial charge is 0.494 e. The molecule has 4 amide bonds. The summed E-state index contributed by atoms with van der Waals surface area (Å²) in [4.78, 5) is 39.1. The van der Waals surface area contributed by atoms with E-state index >= 15 is 0 Å². The zero-order valence-corrected chi connectivity index (χ0v) is 22.3. The zero-order valence-electron chi connectivity index (χ0n) is 20.0. The number of ether oxygens (including phenoxy) is 2. The van der Waals surface area contributed by atoms with Gasteiger partial charge >= 0.3 is 6.03 Å². The number of nitrogens with one attached hydrogen (secondary N) is 1. The van der Waals surface area contributed by atoms with Crippen molar-refractivity contribution in [1.82, 2.24) is 5.32 Å². The molecule has 1 N–H and O–H groups in total. The van der Waals surface area contributed by atoms with Gasteiger partial charge in [0.25, 0.3) is 11.8 Å². The predicted octanol–water partition coefficient (Wildman–Crippen LogP) is 6.53. The maximum Gasteiger partial charge on any atom is 0.335 e. The van der Waals surface area contributed by atoms with Crippen LogP contribution in [0.4, 0.5) is 10.5 Å². The van der Waals surface area contributed by atoms with Crippen LogP contribution in [0.5, 0.6) is 11.5 Å². The second-order valence-electron chi connectivity index (χ2n) is 8.22. The van der Waals surface area contributed by atoms with Crippen LogP contribution in [0.2, 0.25) is 5.02 Å². The molecular formula is C28H24BrClN2O5. The fraction of sp³-hybridized carbons (Fsp3) is 0.179. The Balaban J connectivity index is 1.51. The van der Waals surface area contributed by atoms with Gasteiger partial charge in [-0.15, -0.1) is 0 Å². The number of benzene rings is 3. The minimum Gasteiger partial charge on any atom is -0.494 e. The van der Waals surface area contributed by atoms with E-state index in [4.69, 9.17) is 21.1 Å². The summed E-state index contributed by atoms with van der Waals surface area (Å²) in [6.45, 7) is 2.93. The lowest BCUT2D eigenvalue weighted by molar-refractivity contribution is -0.122. The zero-order chi connectivity index (χ0) is 26.4. The van der Waals surface area contributed by atoms with Crippen LogP contribution in [0.1, 0.15) is 30.9 Å². The van der Waals surface area contributed by atoms with E-state index in [1.165, 1.54) is 6.08 Å². The molecule has 0 aromatic heterocycles. The summed E-state index contributed by atoms with van der Waals surface area (Å²) in [7, 11) is 0. The number of urea groups is 1. The molecule has 0 atom stereocenters. The number of nitrogens with zero attached hydrogens (tertiary/aromatic N) is 1. The van der Waals surface area contributed by atoms with Crippen molar-refractivity contribution >= 4 is 57.1 Å². The smallest absolute Gasteiger partial charge is 0.335 e. The third-order valence-electron chi connectivity index (χ3n) is 5.57. The third-order valence-corrected chi connectivity index (χ3v) is 6.56. The molecule has 1 aliphatic rings. The van der Waals surface area contributed by atoms with Crippen molar-refractivity contribution in [2.45, 2.75) is 26.4 Å². The molecule has 0 spiro atoms. The summed E-state index contributed by atoms with van der Waals surface area (Å²) < 4.78 is 12.1. The Kier molecular flexibility index (Phi) is 8.63. The number of barbiturate groups is 1. The molecule has 4 rings (SSSR count). The summed E-state index contributed by atoms with van der Waals surface area (Å²) in [5.41, 5.74) is 1.58. The fourth-order valence-corrected chi connectivity index (χ4v) is 4.28. The average Bonchev–Trinajstić information content (AvgIpc) is 2.88. The van der Waals surface area contributed by atoms with E-state index in [1.807, 2.05) is 18.2 Å². The van der Waals surface area contributed by atoms with Crippen molar-refractivity contribution < 1.29 is 23.9 Å². The molecule has 0 bridgehead atoms. The van der Waals surface area contributed by atoms with Gasteiger partial charge in [0.1, 0.15) is 23.7 Å². The summed E-state index contributed by atoms with van der Waals surface area (Å²) in [6, 6.07) is 18.3. The van der Waals surface area contributed by atoms with Crippen molar-refractivity contribution in [2.24, 2.45) is 0 Å². The number of rotatable bonds is 9. The lowest BCUT2D eigenvalue weighted by Crippen LogP contribution is -2.54. The van der Waals surface area contributed by atoms with Crippen LogP contribution < -0.4 is 19.7 Å². The Morgan fingerprint density at radius 2 is 1.76 bits per heavy atom. The van der Waals surface area contributed by atoms with E-state index in [2.05, 4.69) is 28.2 Å². The first-order chi connectivity index (χ1) is 17.9. The fourth-order valence-electron chi connectivity index (χ4n) is 3.58. The summed E-state index contributed by atoms with van der Waals surface area (Å²) in [6.07, 6.45) is 3.37. The van der Waals surface area contributed by atoms with Gasteiger partial charge in [-0.1, -0.05) is 49.2 Å². The van der Waals surface area contributed by atoms with Gasteiger partial charge in [-0.05, 0) is 76.5 Å². The Bertz CT molecular complexity index is 1360. The van der Waals surface area contributed by atoms with Crippen LogP contribution in [0.25, 0.3) is 6.08 Å². The van der Waals surface area contributed by atoms with Crippen LogP contribution in [-0.2, 0) is 16.2 Å². The molecule has 0 radical (unpaired) electrons. The van der Waals surface area contributed by atoms with Gasteiger partial charge in [-0.3, -0.25) is 14.9 Å². The molecule has 1 fully saturated rings. The van der Waals surface area contributed by atoms with Gasteiger partial charge in [0.2, 0.25) is 0 Å². The molecule has 0 aliphatic carbocycles. The minimum atomic E-state index is -0.809. The highest BCUT2D eigenvalue weighted by Crippen LogP contribution is 2.30. The normalized spacial score (nSPS) is 14.6. The quantitative estimate of drug-likeness (QED) is 0.176. The van der Waals surface area contributed by atoms with Crippen molar-refractivity contribution in [2.75, 3.05) is 11.5 Å². The molecule has 3 aromatic carbocycles. The topological polar surface area (TPSA) is 84.9 Å². The van der Waals surface area contributed by atoms with Gasteiger partial charge in [-0.2, -0.15) is 0 Å². The molecule has 1 saturated heterocycles. The minimum absolute atomic E-state index is 0.167. The number of carbonyl (C=O) groups is 3. The van der Waals surface area contributed by atoms with Crippen LogP contribution in [0.15, 0.2) is 76.8 Å². The van der Waals surface area contributed by atoms with E-state index in [-0.39, 0.29) is 12.2 Å². The highest BCUT2D eigenvalue weighted by atomic mass is 79.9. The Labute approximate surface area is 228 Å². The molecule has 37 heavy (non-hydrogen) atoms. The third kappa shape index (κ3) is 6.39. The van der Waals surface area contributed by atoms with Gasteiger partial charge in [0, 0.05) is 10.6 Å². The van der Waals surface area contributed by atoms with Crippen LogP contribution >= 0.6 is 27.5 Å². The number of hydrogen-bond donors (Lipinski definition) is 1. The molecule has 1 heterocycles. The van der Waals surface area contributed by atoms with E-state index in [0.717, 1.165) is 23.3 Å². The number of unbranched alkanes of at least 4 members (excludes halogenated alkanes) is 1. The number of hydrogen-bond acceptors (Lipinski definition) is 5. The average molecular weight is 584 g/mol. The Morgan fingerprint density at radius 3 is 2.46 bits per heavy atom. The van der Waals surface area contributed by atoms with Crippen molar-refractivity contribution in [3.05, 3.63) is 92.9 Å². The molecule has 1 aliphatic heterocycles. The highest BCUT2D eigenvalue weighted by molar-refractivity contribution is 9.10. The SMILES string of the molecule is CCCCOc1ccc(N2C(=O)NC(=O)/C(=C/c3ccc(OCc4ccccc4Cl)c(Br)c3)C2=O)cc1. The summed E-state index contributed by atoms with van der Waals surface area (Å²) in [5, 5.41) is 2.84. The molecular weight excluding hydrogens is 560 g/mol. The first-order valence-corrected chi connectivity index (χ1v) is 12.8. The van der Waals surface area contributed by atoms with E-state index in [0.29, 0.717) is 38.9 Å². The molecule has 9 heteroatoms. The second kappa shape index (κ2) is 12.1. The maximum absolute atomic E-state index is 13.2. The Morgan fingerprint density at radius 1 is 1.00 bits per heavy atom.